The molecule has 0 fully saturated rings. The molecule has 0 aliphatic carbocycles. The number of aromatic amines is 1. The largest absolute Gasteiger partial charge is 0.497 e. The van der Waals surface area contributed by atoms with Crippen molar-refractivity contribution < 1.29 is 4.74 Å². The van der Waals surface area contributed by atoms with Crippen molar-refractivity contribution in [3.63, 3.8) is 0 Å². The van der Waals surface area contributed by atoms with Crippen molar-refractivity contribution in [3.8, 4) is 5.75 Å². The lowest BCUT2D eigenvalue weighted by molar-refractivity contribution is 0.415. The lowest BCUT2D eigenvalue weighted by Crippen LogP contribution is -1.88. The first-order valence-corrected chi connectivity index (χ1v) is 7.04. The Kier molecular flexibility index (Phi) is 2.45. The molecule has 2 aromatic carbocycles. The average Bonchev–Trinajstić information content (AvgIpc) is 2.85. The molecule has 0 spiro atoms. The Morgan fingerprint density at radius 1 is 1.00 bits per heavy atom. The van der Waals surface area contributed by atoms with Crippen LogP contribution in [-0.2, 0) is 0 Å². The van der Waals surface area contributed by atoms with E-state index in [0.717, 1.165) is 27.8 Å². The summed E-state index contributed by atoms with van der Waals surface area (Å²) in [5.41, 5.74) is 5.57. The summed E-state index contributed by atoms with van der Waals surface area (Å²) in [7, 11) is 1.69. The van der Waals surface area contributed by atoms with E-state index in [0.29, 0.717) is 0 Å². The Bertz CT molecular complexity index is 999. The topological polar surface area (TPSA) is 37.9 Å². The summed E-state index contributed by atoms with van der Waals surface area (Å²) >= 11 is 0. The van der Waals surface area contributed by atoms with Crippen molar-refractivity contribution in [1.82, 2.24) is 9.97 Å². The quantitative estimate of drug-likeness (QED) is 0.556. The maximum absolute atomic E-state index is 5.34. The zero-order valence-electron chi connectivity index (χ0n) is 12.3. The molecule has 3 heteroatoms. The van der Waals surface area contributed by atoms with Gasteiger partial charge in [0.2, 0.25) is 0 Å². The van der Waals surface area contributed by atoms with Crippen molar-refractivity contribution in [3.05, 3.63) is 47.5 Å². The normalized spacial score (nSPS) is 11.6. The summed E-state index contributed by atoms with van der Waals surface area (Å²) in [6.45, 7) is 4.27. The molecule has 0 amide bonds. The molecule has 4 rings (SSSR count). The third kappa shape index (κ3) is 1.70. The van der Waals surface area contributed by atoms with Gasteiger partial charge in [-0.05, 0) is 49.7 Å². The summed E-state index contributed by atoms with van der Waals surface area (Å²) in [6.07, 6.45) is 0. The summed E-state index contributed by atoms with van der Waals surface area (Å²) < 4.78 is 5.34. The molecule has 21 heavy (non-hydrogen) atoms. The van der Waals surface area contributed by atoms with Crippen LogP contribution in [0.2, 0.25) is 0 Å². The molecule has 1 N–H and O–H groups in total. The van der Waals surface area contributed by atoms with Crippen LogP contribution in [0.5, 0.6) is 5.75 Å². The Balaban J connectivity index is 2.21. The van der Waals surface area contributed by atoms with Crippen LogP contribution < -0.4 is 4.74 Å². The third-order valence-corrected chi connectivity index (χ3v) is 4.15. The fourth-order valence-electron chi connectivity index (χ4n) is 3.05. The zero-order chi connectivity index (χ0) is 14.6. The minimum absolute atomic E-state index is 0.864. The highest BCUT2D eigenvalue weighted by atomic mass is 16.5. The fraction of sp³-hybridized carbons (Fsp3) is 0.167. The van der Waals surface area contributed by atoms with Gasteiger partial charge in [-0.1, -0.05) is 11.6 Å². The molecular weight excluding hydrogens is 260 g/mol. The second kappa shape index (κ2) is 4.22. The van der Waals surface area contributed by atoms with E-state index >= 15 is 0 Å². The molecule has 104 valence electrons. The van der Waals surface area contributed by atoms with Gasteiger partial charge in [0.05, 0.1) is 12.6 Å². The first-order valence-electron chi connectivity index (χ1n) is 7.04. The first-order chi connectivity index (χ1) is 10.2. The molecular formula is C18H16N2O. The zero-order valence-corrected chi connectivity index (χ0v) is 12.3. The van der Waals surface area contributed by atoms with Gasteiger partial charge in [-0.2, -0.15) is 0 Å². The van der Waals surface area contributed by atoms with Gasteiger partial charge in [-0.15, -0.1) is 0 Å². The van der Waals surface area contributed by atoms with E-state index in [1.807, 2.05) is 12.1 Å². The smallest absolute Gasteiger partial charge is 0.139 e. The number of benzene rings is 2. The number of aromatic nitrogens is 2. The number of nitrogens with one attached hydrogen (secondary N) is 1. The molecule has 0 atom stereocenters. The molecule has 0 aliphatic heterocycles. The lowest BCUT2D eigenvalue weighted by atomic mass is 10.0. The Labute approximate surface area is 122 Å². The molecule has 0 saturated carbocycles. The van der Waals surface area contributed by atoms with Gasteiger partial charge in [0.15, 0.2) is 0 Å². The average molecular weight is 276 g/mol. The lowest BCUT2D eigenvalue weighted by Gasteiger charge is -2.06. The maximum atomic E-state index is 5.34. The minimum Gasteiger partial charge on any atom is -0.497 e. The second-order valence-electron chi connectivity index (χ2n) is 5.52. The van der Waals surface area contributed by atoms with Gasteiger partial charge >= 0.3 is 0 Å². The van der Waals surface area contributed by atoms with Crippen LogP contribution >= 0.6 is 0 Å². The van der Waals surface area contributed by atoms with Gasteiger partial charge in [0.25, 0.3) is 0 Å². The Morgan fingerprint density at radius 3 is 2.67 bits per heavy atom. The van der Waals surface area contributed by atoms with E-state index in [1.54, 1.807) is 7.11 Å². The highest BCUT2D eigenvalue weighted by Crippen LogP contribution is 2.33. The Hall–Kier alpha value is -2.55. The van der Waals surface area contributed by atoms with Gasteiger partial charge in [0, 0.05) is 21.7 Å². The van der Waals surface area contributed by atoms with Crippen LogP contribution in [0.25, 0.3) is 32.8 Å². The maximum Gasteiger partial charge on any atom is 0.139 e. The molecule has 2 aromatic heterocycles. The number of H-pyrrole nitrogens is 1. The first kappa shape index (κ1) is 12.2. The number of methoxy groups -OCH3 is 1. The standard InChI is InChI=1S/C18H16N2O/c1-10-4-6-16-14(8-10)17-11(2)13-9-12(21-3)5-7-15(13)19-18(17)20-16/h4-9H,1-3H3,(H,19,20). The molecule has 2 heterocycles. The van der Waals surface area contributed by atoms with E-state index in [4.69, 9.17) is 9.72 Å². The number of hydrogen-bond donors (Lipinski definition) is 1. The monoisotopic (exact) mass is 276 g/mol. The summed E-state index contributed by atoms with van der Waals surface area (Å²) in [5, 5.41) is 3.58. The highest BCUT2D eigenvalue weighted by Gasteiger charge is 2.12. The van der Waals surface area contributed by atoms with Crippen LogP contribution in [0.3, 0.4) is 0 Å². The molecule has 0 unspecified atom stereocenters. The summed E-state index contributed by atoms with van der Waals surface area (Å²) in [4.78, 5) is 8.19. The summed E-state index contributed by atoms with van der Waals surface area (Å²) in [5.74, 6) is 0.864. The van der Waals surface area contributed by atoms with Crippen molar-refractivity contribution >= 4 is 32.8 Å². The second-order valence-corrected chi connectivity index (χ2v) is 5.52. The number of ether oxygens (including phenoxy) is 1. The number of fused-ring (bicyclic) bond motifs is 4. The number of aryl methyl sites for hydroxylation is 2. The predicted octanol–water partition coefficient (Wildman–Crippen LogP) is 4.49. The van der Waals surface area contributed by atoms with E-state index in [9.17, 15) is 0 Å². The van der Waals surface area contributed by atoms with E-state index < -0.39 is 0 Å². The predicted molar refractivity (Wildman–Crippen MR) is 87.1 cm³/mol. The number of nitrogens with zero attached hydrogens (tertiary/aromatic N) is 1. The summed E-state index contributed by atoms with van der Waals surface area (Å²) in [6, 6.07) is 12.5. The van der Waals surface area contributed by atoms with E-state index in [1.165, 1.54) is 21.9 Å². The number of rotatable bonds is 1. The number of hydrogen-bond acceptors (Lipinski definition) is 2. The van der Waals surface area contributed by atoms with Crippen molar-refractivity contribution in [1.29, 1.82) is 0 Å². The molecule has 0 radical (unpaired) electrons. The van der Waals surface area contributed by atoms with Crippen LogP contribution in [0.15, 0.2) is 36.4 Å². The van der Waals surface area contributed by atoms with Gasteiger partial charge in [-0.3, -0.25) is 0 Å². The van der Waals surface area contributed by atoms with Crippen molar-refractivity contribution in [2.45, 2.75) is 13.8 Å². The molecule has 0 bridgehead atoms. The van der Waals surface area contributed by atoms with E-state index in [-0.39, 0.29) is 0 Å². The van der Waals surface area contributed by atoms with Crippen LogP contribution in [0.4, 0.5) is 0 Å². The highest BCUT2D eigenvalue weighted by molar-refractivity contribution is 6.12. The fourth-order valence-corrected chi connectivity index (χ4v) is 3.05. The van der Waals surface area contributed by atoms with Gasteiger partial charge < -0.3 is 9.72 Å². The minimum atomic E-state index is 0.864. The third-order valence-electron chi connectivity index (χ3n) is 4.15. The number of pyridine rings is 1. The van der Waals surface area contributed by atoms with Gasteiger partial charge in [-0.25, -0.2) is 4.98 Å². The van der Waals surface area contributed by atoms with Crippen molar-refractivity contribution in [2.75, 3.05) is 7.11 Å². The molecule has 3 nitrogen and oxygen atoms in total. The van der Waals surface area contributed by atoms with Crippen LogP contribution in [0.1, 0.15) is 11.1 Å². The van der Waals surface area contributed by atoms with Crippen LogP contribution in [-0.4, -0.2) is 17.1 Å². The molecule has 4 aromatic rings. The van der Waals surface area contributed by atoms with Crippen molar-refractivity contribution in [2.24, 2.45) is 0 Å². The van der Waals surface area contributed by atoms with Gasteiger partial charge in [0.1, 0.15) is 11.4 Å². The molecule has 0 aliphatic rings. The SMILES string of the molecule is COc1ccc2nc3[nH]c4ccc(C)cc4c3c(C)c2c1. The van der Waals surface area contributed by atoms with E-state index in [2.05, 4.69) is 43.1 Å². The Morgan fingerprint density at radius 2 is 1.86 bits per heavy atom. The van der Waals surface area contributed by atoms with Crippen LogP contribution in [0, 0.1) is 13.8 Å². The molecule has 0 saturated heterocycles.